The standard InChI is InChI=1S/C16H31N3O/c1-2-5-15(4-1)17-7-3-8-18-9-6-16(14-18)19-10-12-20-13-11-19/h15-17H,1-14H2. The molecule has 3 rings (SSSR count). The van der Waals surface area contributed by atoms with E-state index in [1.807, 2.05) is 0 Å². The Bertz CT molecular complexity index is 275. The number of nitrogens with zero attached hydrogens (tertiary/aromatic N) is 2. The first kappa shape index (κ1) is 14.8. The molecule has 1 N–H and O–H groups in total. The minimum atomic E-state index is 0.793. The number of morpholine rings is 1. The normalized spacial score (nSPS) is 30.3. The van der Waals surface area contributed by atoms with Gasteiger partial charge in [-0.1, -0.05) is 12.8 Å². The van der Waals surface area contributed by atoms with Crippen LogP contribution in [0.15, 0.2) is 0 Å². The number of rotatable bonds is 6. The second-order valence-electron chi connectivity index (χ2n) is 6.68. The number of likely N-dealkylation sites (tertiary alicyclic amines) is 1. The van der Waals surface area contributed by atoms with E-state index in [0.29, 0.717) is 0 Å². The lowest BCUT2D eigenvalue weighted by molar-refractivity contribution is 0.0185. The van der Waals surface area contributed by atoms with Gasteiger partial charge in [0.2, 0.25) is 0 Å². The molecule has 1 saturated carbocycles. The van der Waals surface area contributed by atoms with Gasteiger partial charge in [0.15, 0.2) is 0 Å². The molecule has 0 aromatic carbocycles. The van der Waals surface area contributed by atoms with Gasteiger partial charge in [0, 0.05) is 31.7 Å². The summed E-state index contributed by atoms with van der Waals surface area (Å²) in [4.78, 5) is 5.30. The van der Waals surface area contributed by atoms with Crippen LogP contribution < -0.4 is 5.32 Å². The quantitative estimate of drug-likeness (QED) is 0.743. The van der Waals surface area contributed by atoms with Crippen molar-refractivity contribution in [3.8, 4) is 0 Å². The molecule has 0 aromatic heterocycles. The predicted molar refractivity (Wildman–Crippen MR) is 82.1 cm³/mol. The monoisotopic (exact) mass is 281 g/mol. The molecule has 1 aliphatic carbocycles. The zero-order valence-electron chi connectivity index (χ0n) is 12.9. The van der Waals surface area contributed by atoms with E-state index >= 15 is 0 Å². The molecule has 2 saturated heterocycles. The van der Waals surface area contributed by atoms with Crippen LogP contribution in [-0.2, 0) is 4.74 Å². The number of ether oxygens (including phenoxy) is 1. The van der Waals surface area contributed by atoms with E-state index in [4.69, 9.17) is 4.74 Å². The molecule has 0 bridgehead atoms. The Hall–Kier alpha value is -0.160. The average Bonchev–Trinajstić information content (AvgIpc) is 3.16. The molecule has 4 nitrogen and oxygen atoms in total. The van der Waals surface area contributed by atoms with Gasteiger partial charge in [-0.15, -0.1) is 0 Å². The highest BCUT2D eigenvalue weighted by atomic mass is 16.5. The third kappa shape index (κ3) is 4.17. The van der Waals surface area contributed by atoms with Crippen LogP contribution in [0.4, 0.5) is 0 Å². The highest BCUT2D eigenvalue weighted by Gasteiger charge is 2.28. The summed E-state index contributed by atoms with van der Waals surface area (Å²) < 4.78 is 5.45. The Morgan fingerprint density at radius 2 is 1.80 bits per heavy atom. The Balaban J connectivity index is 1.27. The van der Waals surface area contributed by atoms with Crippen LogP contribution in [0.3, 0.4) is 0 Å². The molecule has 0 radical (unpaired) electrons. The maximum Gasteiger partial charge on any atom is 0.0594 e. The van der Waals surface area contributed by atoms with Crippen LogP contribution in [0, 0.1) is 0 Å². The van der Waals surface area contributed by atoms with Crippen LogP contribution in [0.2, 0.25) is 0 Å². The van der Waals surface area contributed by atoms with E-state index in [0.717, 1.165) is 38.4 Å². The summed E-state index contributed by atoms with van der Waals surface area (Å²) >= 11 is 0. The molecule has 1 atom stereocenters. The molecular weight excluding hydrogens is 250 g/mol. The van der Waals surface area contributed by atoms with E-state index < -0.39 is 0 Å². The van der Waals surface area contributed by atoms with Crippen molar-refractivity contribution >= 4 is 0 Å². The Morgan fingerprint density at radius 3 is 2.60 bits per heavy atom. The minimum absolute atomic E-state index is 0.793. The molecule has 1 unspecified atom stereocenters. The minimum Gasteiger partial charge on any atom is -0.379 e. The topological polar surface area (TPSA) is 27.7 Å². The van der Waals surface area contributed by atoms with E-state index in [9.17, 15) is 0 Å². The predicted octanol–water partition coefficient (Wildman–Crippen LogP) is 1.32. The zero-order valence-corrected chi connectivity index (χ0v) is 12.9. The molecule has 0 aromatic rings. The van der Waals surface area contributed by atoms with Crippen molar-refractivity contribution in [3.05, 3.63) is 0 Å². The first-order valence-corrected chi connectivity index (χ1v) is 8.69. The Morgan fingerprint density at radius 1 is 1.00 bits per heavy atom. The number of hydrogen-bond acceptors (Lipinski definition) is 4. The van der Waals surface area contributed by atoms with Crippen LogP contribution in [0.5, 0.6) is 0 Å². The maximum atomic E-state index is 5.45. The summed E-state index contributed by atoms with van der Waals surface area (Å²) in [5, 5.41) is 3.73. The van der Waals surface area contributed by atoms with Crippen molar-refractivity contribution in [1.82, 2.24) is 15.1 Å². The van der Waals surface area contributed by atoms with Crippen LogP contribution >= 0.6 is 0 Å². The lowest BCUT2D eigenvalue weighted by atomic mass is 10.2. The van der Waals surface area contributed by atoms with Gasteiger partial charge in [-0.2, -0.15) is 0 Å². The van der Waals surface area contributed by atoms with E-state index in [1.54, 1.807) is 0 Å². The van der Waals surface area contributed by atoms with Crippen molar-refractivity contribution in [1.29, 1.82) is 0 Å². The average molecular weight is 281 g/mol. The van der Waals surface area contributed by atoms with Crippen LogP contribution in [-0.4, -0.2) is 74.4 Å². The van der Waals surface area contributed by atoms with E-state index in [1.165, 1.54) is 64.7 Å². The highest BCUT2D eigenvalue weighted by molar-refractivity contribution is 4.84. The van der Waals surface area contributed by atoms with Gasteiger partial charge < -0.3 is 15.0 Å². The molecule has 2 heterocycles. The molecular formula is C16H31N3O. The number of hydrogen-bond donors (Lipinski definition) is 1. The second kappa shape index (κ2) is 7.74. The fourth-order valence-corrected chi connectivity index (χ4v) is 3.99. The highest BCUT2D eigenvalue weighted by Crippen LogP contribution is 2.18. The van der Waals surface area contributed by atoms with Gasteiger partial charge >= 0.3 is 0 Å². The van der Waals surface area contributed by atoms with Crippen molar-refractivity contribution in [3.63, 3.8) is 0 Å². The molecule has 20 heavy (non-hydrogen) atoms. The van der Waals surface area contributed by atoms with Crippen molar-refractivity contribution < 1.29 is 4.74 Å². The van der Waals surface area contributed by atoms with Crippen LogP contribution in [0.25, 0.3) is 0 Å². The second-order valence-corrected chi connectivity index (χ2v) is 6.68. The van der Waals surface area contributed by atoms with Gasteiger partial charge in [0.05, 0.1) is 13.2 Å². The lowest BCUT2D eigenvalue weighted by Gasteiger charge is -2.32. The zero-order chi connectivity index (χ0) is 13.6. The van der Waals surface area contributed by atoms with Crippen molar-refractivity contribution in [2.24, 2.45) is 0 Å². The smallest absolute Gasteiger partial charge is 0.0594 e. The SMILES string of the molecule is C1CCC(NCCCN2CCC(N3CCOCC3)C2)C1. The molecule has 0 spiro atoms. The van der Waals surface area contributed by atoms with Gasteiger partial charge in [0.25, 0.3) is 0 Å². The molecule has 2 aliphatic heterocycles. The van der Waals surface area contributed by atoms with Crippen molar-refractivity contribution in [2.75, 3.05) is 52.5 Å². The number of nitrogens with one attached hydrogen (secondary N) is 1. The van der Waals surface area contributed by atoms with Gasteiger partial charge in [-0.25, -0.2) is 0 Å². The summed E-state index contributed by atoms with van der Waals surface area (Å²) in [6.07, 6.45) is 8.35. The van der Waals surface area contributed by atoms with Gasteiger partial charge in [-0.05, 0) is 45.3 Å². The van der Waals surface area contributed by atoms with Crippen LogP contribution in [0.1, 0.15) is 38.5 Å². The van der Waals surface area contributed by atoms with E-state index in [-0.39, 0.29) is 0 Å². The molecule has 116 valence electrons. The van der Waals surface area contributed by atoms with Crippen molar-refractivity contribution in [2.45, 2.75) is 50.6 Å². The summed E-state index contributed by atoms with van der Waals surface area (Å²) in [5.41, 5.74) is 0. The lowest BCUT2D eigenvalue weighted by Crippen LogP contribution is -2.44. The summed E-state index contributed by atoms with van der Waals surface area (Å²) in [6.45, 7) is 9.21. The van der Waals surface area contributed by atoms with Gasteiger partial charge in [0.1, 0.15) is 0 Å². The maximum absolute atomic E-state index is 5.45. The first-order chi connectivity index (χ1) is 9.92. The fourth-order valence-electron chi connectivity index (χ4n) is 3.99. The Kier molecular flexibility index (Phi) is 5.71. The van der Waals surface area contributed by atoms with Gasteiger partial charge in [-0.3, -0.25) is 4.90 Å². The third-order valence-corrected chi connectivity index (χ3v) is 5.25. The summed E-state index contributed by atoms with van der Waals surface area (Å²) in [6, 6.07) is 1.62. The molecule has 4 heteroatoms. The Labute approximate surface area is 123 Å². The fraction of sp³-hybridized carbons (Fsp3) is 1.00. The largest absolute Gasteiger partial charge is 0.379 e. The molecule has 0 amide bonds. The molecule has 3 aliphatic rings. The summed E-state index contributed by atoms with van der Waals surface area (Å²) in [7, 11) is 0. The summed E-state index contributed by atoms with van der Waals surface area (Å²) in [5.74, 6) is 0. The van der Waals surface area contributed by atoms with E-state index in [2.05, 4.69) is 15.1 Å². The molecule has 3 fully saturated rings. The first-order valence-electron chi connectivity index (χ1n) is 8.69. The third-order valence-electron chi connectivity index (χ3n) is 5.25.